The van der Waals surface area contributed by atoms with Gasteiger partial charge in [0.25, 0.3) is 0 Å². The van der Waals surface area contributed by atoms with E-state index in [0.717, 1.165) is 10.0 Å². The first-order valence-corrected chi connectivity index (χ1v) is 6.64. The second kappa shape index (κ2) is 5.82. The molecule has 0 bridgehead atoms. The summed E-state index contributed by atoms with van der Waals surface area (Å²) in [5, 5.41) is 9.69. The van der Waals surface area contributed by atoms with Gasteiger partial charge in [0.05, 0.1) is 13.2 Å². The Bertz CT molecular complexity index is 438. The molecule has 1 heterocycles. The minimum absolute atomic E-state index is 0.276. The normalized spacial score (nSPS) is 24.2. The summed E-state index contributed by atoms with van der Waals surface area (Å²) < 4.78 is 5.78. The van der Waals surface area contributed by atoms with Crippen molar-refractivity contribution in [2.24, 2.45) is 0 Å². The molecule has 1 N–H and O–H groups in total. The lowest BCUT2D eigenvalue weighted by Crippen LogP contribution is -2.36. The minimum Gasteiger partial charge on any atom is -0.468 e. The number of carbonyl (C=O) groups is 1. The Morgan fingerprint density at radius 1 is 1.61 bits per heavy atom. The van der Waals surface area contributed by atoms with E-state index >= 15 is 0 Å². The maximum Gasteiger partial charge on any atom is 0.323 e. The number of carbonyl (C=O) groups excluding carboxylic acids is 1. The van der Waals surface area contributed by atoms with E-state index in [2.05, 4.69) is 15.9 Å². The zero-order valence-corrected chi connectivity index (χ0v) is 11.8. The molecular weight excluding hydrogens is 298 g/mol. The molecule has 1 aromatic carbocycles. The molecule has 2 unspecified atom stereocenters. The van der Waals surface area contributed by atoms with Gasteiger partial charge in [-0.05, 0) is 17.7 Å². The van der Waals surface area contributed by atoms with Crippen LogP contribution in [0.1, 0.15) is 12.0 Å². The van der Waals surface area contributed by atoms with Crippen LogP contribution >= 0.6 is 15.9 Å². The molecule has 2 atom stereocenters. The Morgan fingerprint density at radius 2 is 2.39 bits per heavy atom. The number of aliphatic hydroxyl groups excluding tert-OH is 1. The van der Waals surface area contributed by atoms with Crippen molar-refractivity contribution in [2.75, 3.05) is 13.7 Å². The molecule has 1 saturated heterocycles. The minimum atomic E-state index is -0.457. The molecule has 0 radical (unpaired) electrons. The van der Waals surface area contributed by atoms with Crippen molar-refractivity contribution >= 4 is 21.9 Å². The van der Waals surface area contributed by atoms with E-state index in [1.165, 1.54) is 7.11 Å². The zero-order valence-electron chi connectivity index (χ0n) is 10.2. The first kappa shape index (κ1) is 13.5. The Labute approximate surface area is 115 Å². The van der Waals surface area contributed by atoms with Gasteiger partial charge in [0.1, 0.15) is 6.04 Å². The molecule has 1 aromatic rings. The summed E-state index contributed by atoms with van der Waals surface area (Å²) in [5.41, 5.74) is 1.10. The number of β-amino-alcohol motifs (C(OH)–C–C–N with tert-alkyl or cyclic N) is 1. The molecule has 1 fully saturated rings. The number of likely N-dealkylation sites (tertiary alicyclic amines) is 1. The van der Waals surface area contributed by atoms with Crippen molar-refractivity contribution in [3.63, 3.8) is 0 Å². The SMILES string of the molecule is COC(=O)C1CC(O)CN1Cc1cccc(Br)c1. The van der Waals surface area contributed by atoms with E-state index in [9.17, 15) is 9.90 Å². The monoisotopic (exact) mass is 313 g/mol. The molecule has 0 amide bonds. The average Bonchev–Trinajstić information content (AvgIpc) is 2.69. The number of ether oxygens (including phenoxy) is 1. The first-order chi connectivity index (χ1) is 8.60. The Kier molecular flexibility index (Phi) is 4.37. The maximum absolute atomic E-state index is 11.6. The van der Waals surface area contributed by atoms with Crippen LogP contribution in [0.2, 0.25) is 0 Å². The smallest absolute Gasteiger partial charge is 0.323 e. The van der Waals surface area contributed by atoms with Crippen molar-refractivity contribution in [2.45, 2.75) is 25.1 Å². The number of rotatable bonds is 3. The van der Waals surface area contributed by atoms with E-state index in [0.29, 0.717) is 19.5 Å². The predicted molar refractivity (Wildman–Crippen MR) is 71.0 cm³/mol. The molecule has 4 nitrogen and oxygen atoms in total. The van der Waals surface area contributed by atoms with Crippen LogP contribution in [0.3, 0.4) is 0 Å². The molecule has 5 heteroatoms. The lowest BCUT2D eigenvalue weighted by Gasteiger charge is -2.22. The average molecular weight is 314 g/mol. The Morgan fingerprint density at radius 3 is 3.06 bits per heavy atom. The van der Waals surface area contributed by atoms with E-state index in [1.54, 1.807) is 0 Å². The number of methoxy groups -OCH3 is 1. The molecule has 1 aliphatic heterocycles. The highest BCUT2D eigenvalue weighted by Gasteiger charge is 2.36. The number of hydrogen-bond acceptors (Lipinski definition) is 4. The molecule has 0 aliphatic carbocycles. The van der Waals surface area contributed by atoms with Crippen molar-refractivity contribution in [1.29, 1.82) is 0 Å². The predicted octanol–water partition coefficient (Wildman–Crippen LogP) is 1.56. The van der Waals surface area contributed by atoms with Gasteiger partial charge in [-0.2, -0.15) is 0 Å². The molecule has 1 aliphatic rings. The van der Waals surface area contributed by atoms with Crippen molar-refractivity contribution in [3.05, 3.63) is 34.3 Å². The molecule has 0 saturated carbocycles. The quantitative estimate of drug-likeness (QED) is 0.860. The zero-order chi connectivity index (χ0) is 13.1. The van der Waals surface area contributed by atoms with E-state index < -0.39 is 6.10 Å². The number of nitrogens with zero attached hydrogens (tertiary/aromatic N) is 1. The summed E-state index contributed by atoms with van der Waals surface area (Å²) in [4.78, 5) is 13.6. The van der Waals surface area contributed by atoms with Crippen LogP contribution in [-0.2, 0) is 16.1 Å². The summed E-state index contributed by atoms with van der Waals surface area (Å²) in [6.45, 7) is 1.14. The van der Waals surface area contributed by atoms with E-state index in [4.69, 9.17) is 4.74 Å². The summed E-state index contributed by atoms with van der Waals surface area (Å²) in [6.07, 6.45) is -0.0121. The number of hydrogen-bond donors (Lipinski definition) is 1. The lowest BCUT2D eigenvalue weighted by molar-refractivity contribution is -0.146. The van der Waals surface area contributed by atoms with Gasteiger partial charge in [0.15, 0.2) is 0 Å². The third-order valence-electron chi connectivity index (χ3n) is 3.13. The van der Waals surface area contributed by atoms with E-state index in [-0.39, 0.29) is 12.0 Å². The lowest BCUT2D eigenvalue weighted by atomic mass is 10.2. The number of esters is 1. The number of halogens is 1. The third kappa shape index (κ3) is 3.10. The van der Waals surface area contributed by atoms with Crippen LogP contribution in [0.4, 0.5) is 0 Å². The van der Waals surface area contributed by atoms with Gasteiger partial charge < -0.3 is 9.84 Å². The molecule has 98 valence electrons. The highest BCUT2D eigenvalue weighted by atomic mass is 79.9. The van der Waals surface area contributed by atoms with Crippen LogP contribution in [0.25, 0.3) is 0 Å². The summed E-state index contributed by atoms with van der Waals surface area (Å²) in [6, 6.07) is 7.59. The standard InChI is InChI=1S/C13H16BrNO3/c1-18-13(17)12-6-11(16)8-15(12)7-9-3-2-4-10(14)5-9/h2-5,11-12,16H,6-8H2,1H3. The Balaban J connectivity index is 2.09. The second-order valence-corrected chi connectivity index (χ2v) is 5.40. The largest absolute Gasteiger partial charge is 0.468 e. The van der Waals surface area contributed by atoms with Crippen LogP contribution < -0.4 is 0 Å². The van der Waals surface area contributed by atoms with Crippen molar-refractivity contribution in [3.8, 4) is 0 Å². The number of benzene rings is 1. The van der Waals surface area contributed by atoms with E-state index in [1.807, 2.05) is 29.2 Å². The van der Waals surface area contributed by atoms with Gasteiger partial charge in [-0.25, -0.2) is 0 Å². The van der Waals surface area contributed by atoms with Crippen LogP contribution in [0.15, 0.2) is 28.7 Å². The van der Waals surface area contributed by atoms with Gasteiger partial charge >= 0.3 is 5.97 Å². The fourth-order valence-electron chi connectivity index (χ4n) is 2.31. The summed E-state index contributed by atoms with van der Waals surface area (Å²) >= 11 is 3.42. The fourth-order valence-corrected chi connectivity index (χ4v) is 2.75. The maximum atomic E-state index is 11.6. The van der Waals surface area contributed by atoms with Crippen molar-refractivity contribution in [1.82, 2.24) is 4.90 Å². The van der Waals surface area contributed by atoms with Gasteiger partial charge in [-0.15, -0.1) is 0 Å². The highest BCUT2D eigenvalue weighted by molar-refractivity contribution is 9.10. The second-order valence-electron chi connectivity index (χ2n) is 4.49. The van der Waals surface area contributed by atoms with Gasteiger partial charge in [0.2, 0.25) is 0 Å². The summed E-state index contributed by atoms with van der Waals surface area (Å²) in [5.74, 6) is -0.276. The summed E-state index contributed by atoms with van der Waals surface area (Å²) in [7, 11) is 1.38. The van der Waals surface area contributed by atoms with Crippen LogP contribution in [0.5, 0.6) is 0 Å². The molecule has 18 heavy (non-hydrogen) atoms. The first-order valence-electron chi connectivity index (χ1n) is 5.84. The van der Waals surface area contributed by atoms with Crippen LogP contribution in [-0.4, -0.2) is 41.8 Å². The topological polar surface area (TPSA) is 49.8 Å². The van der Waals surface area contributed by atoms with Crippen LogP contribution in [0, 0.1) is 0 Å². The fraction of sp³-hybridized carbons (Fsp3) is 0.462. The van der Waals surface area contributed by atoms with Gasteiger partial charge in [-0.1, -0.05) is 28.1 Å². The van der Waals surface area contributed by atoms with Gasteiger partial charge in [0, 0.05) is 24.0 Å². The Hall–Kier alpha value is -0.910. The third-order valence-corrected chi connectivity index (χ3v) is 3.62. The molecule has 0 aromatic heterocycles. The highest BCUT2D eigenvalue weighted by Crippen LogP contribution is 2.22. The molecule has 0 spiro atoms. The van der Waals surface area contributed by atoms with Gasteiger partial charge in [-0.3, -0.25) is 9.69 Å². The number of aliphatic hydroxyl groups is 1. The molecule has 2 rings (SSSR count). The van der Waals surface area contributed by atoms with Crippen molar-refractivity contribution < 1.29 is 14.6 Å². The molecular formula is C13H16BrNO3.